The lowest BCUT2D eigenvalue weighted by Gasteiger charge is -2.29. The van der Waals surface area contributed by atoms with Crippen LogP contribution < -0.4 is 5.32 Å². The number of hydrogen-bond acceptors (Lipinski definition) is 4. The van der Waals surface area contributed by atoms with Crippen molar-refractivity contribution in [2.75, 3.05) is 39.9 Å². The van der Waals surface area contributed by atoms with Crippen molar-refractivity contribution >= 4 is 0 Å². The highest BCUT2D eigenvalue weighted by atomic mass is 16.3. The van der Waals surface area contributed by atoms with E-state index in [1.165, 1.54) is 12.8 Å². The minimum Gasteiger partial charge on any atom is -0.395 e. The minimum atomic E-state index is -0.144. The Balaban J connectivity index is 2.12. The molecule has 4 nitrogen and oxygen atoms in total. The lowest BCUT2D eigenvalue weighted by molar-refractivity contribution is 0.156. The van der Waals surface area contributed by atoms with Crippen LogP contribution in [0, 0.1) is 5.92 Å². The highest BCUT2D eigenvalue weighted by Gasteiger charge is 2.17. The van der Waals surface area contributed by atoms with Crippen LogP contribution in [0.15, 0.2) is 0 Å². The maximum Gasteiger partial charge on any atom is 0.0607 e. The van der Waals surface area contributed by atoms with Crippen molar-refractivity contribution in [3.8, 4) is 0 Å². The topological polar surface area (TPSA) is 55.7 Å². The summed E-state index contributed by atoms with van der Waals surface area (Å²) in [7, 11) is 2.15. The first kappa shape index (κ1) is 11.9. The minimum absolute atomic E-state index is 0.0170. The fourth-order valence-electron chi connectivity index (χ4n) is 1.79. The van der Waals surface area contributed by atoms with Crippen molar-refractivity contribution < 1.29 is 10.2 Å². The summed E-state index contributed by atoms with van der Waals surface area (Å²) in [5.74, 6) is 0.701. The van der Waals surface area contributed by atoms with E-state index in [-0.39, 0.29) is 19.3 Å². The zero-order valence-electron chi connectivity index (χ0n) is 8.95. The molecule has 0 aromatic rings. The molecule has 0 atom stereocenters. The second-order valence-electron chi connectivity index (χ2n) is 4.22. The van der Waals surface area contributed by atoms with Gasteiger partial charge in [-0.2, -0.15) is 0 Å². The Bertz CT molecular complexity index is 143. The molecule has 0 aliphatic carbocycles. The van der Waals surface area contributed by atoms with Crippen molar-refractivity contribution in [2.24, 2.45) is 5.92 Å². The van der Waals surface area contributed by atoms with Crippen LogP contribution in [0.3, 0.4) is 0 Å². The summed E-state index contributed by atoms with van der Waals surface area (Å²) in [4.78, 5) is 2.34. The monoisotopic (exact) mass is 202 g/mol. The Morgan fingerprint density at radius 1 is 1.29 bits per heavy atom. The molecular weight excluding hydrogens is 180 g/mol. The molecular formula is C10H22N2O2. The van der Waals surface area contributed by atoms with Gasteiger partial charge in [-0.15, -0.1) is 0 Å². The van der Waals surface area contributed by atoms with Gasteiger partial charge < -0.3 is 20.4 Å². The zero-order chi connectivity index (χ0) is 10.4. The van der Waals surface area contributed by atoms with Crippen molar-refractivity contribution in [3.63, 3.8) is 0 Å². The summed E-state index contributed by atoms with van der Waals surface area (Å²) in [5.41, 5.74) is 0. The van der Waals surface area contributed by atoms with Gasteiger partial charge >= 0.3 is 0 Å². The molecule has 0 radical (unpaired) electrons. The first-order valence-corrected chi connectivity index (χ1v) is 5.40. The van der Waals surface area contributed by atoms with Gasteiger partial charge in [0.25, 0.3) is 0 Å². The van der Waals surface area contributed by atoms with Gasteiger partial charge in [0.2, 0.25) is 0 Å². The molecule has 0 amide bonds. The number of likely N-dealkylation sites (tertiary alicyclic amines) is 1. The normalized spacial score (nSPS) is 20.6. The molecule has 0 unspecified atom stereocenters. The average Bonchev–Trinajstić information content (AvgIpc) is 2.22. The second-order valence-corrected chi connectivity index (χ2v) is 4.22. The van der Waals surface area contributed by atoms with Crippen LogP contribution in [0.5, 0.6) is 0 Å². The van der Waals surface area contributed by atoms with E-state index in [2.05, 4.69) is 17.3 Å². The lowest BCUT2D eigenvalue weighted by atomic mass is 9.97. The lowest BCUT2D eigenvalue weighted by Crippen LogP contribution is -2.41. The molecule has 4 heteroatoms. The summed E-state index contributed by atoms with van der Waals surface area (Å²) >= 11 is 0. The molecule has 1 aliphatic heterocycles. The Hall–Kier alpha value is -0.160. The molecule has 3 N–H and O–H groups in total. The van der Waals surface area contributed by atoms with Gasteiger partial charge in [0.15, 0.2) is 0 Å². The highest BCUT2D eigenvalue weighted by molar-refractivity contribution is 4.74. The van der Waals surface area contributed by atoms with Crippen molar-refractivity contribution in [1.82, 2.24) is 10.2 Å². The molecule has 0 bridgehead atoms. The van der Waals surface area contributed by atoms with Gasteiger partial charge in [-0.1, -0.05) is 0 Å². The molecule has 1 heterocycles. The maximum atomic E-state index is 8.87. The summed E-state index contributed by atoms with van der Waals surface area (Å²) < 4.78 is 0. The standard InChI is InChI=1S/C10H22N2O2/c1-12-4-2-9(3-5-12)6-11-10(7-13)8-14/h9-11,13-14H,2-8H2,1H3. The number of piperidine rings is 1. The van der Waals surface area contributed by atoms with Gasteiger partial charge in [-0.25, -0.2) is 0 Å². The predicted octanol–water partition coefficient (Wildman–Crippen LogP) is -0.729. The molecule has 1 aliphatic rings. The van der Waals surface area contributed by atoms with Crippen LogP contribution in [-0.2, 0) is 0 Å². The van der Waals surface area contributed by atoms with Crippen molar-refractivity contribution in [2.45, 2.75) is 18.9 Å². The molecule has 0 spiro atoms. The smallest absolute Gasteiger partial charge is 0.0607 e. The molecule has 0 saturated carbocycles. The number of nitrogens with one attached hydrogen (secondary N) is 1. The average molecular weight is 202 g/mol. The first-order valence-electron chi connectivity index (χ1n) is 5.40. The number of aliphatic hydroxyl groups is 2. The highest BCUT2D eigenvalue weighted by Crippen LogP contribution is 2.14. The Labute approximate surface area is 85.9 Å². The molecule has 1 saturated heterocycles. The molecule has 1 rings (SSSR count). The molecule has 14 heavy (non-hydrogen) atoms. The second kappa shape index (κ2) is 6.35. The quantitative estimate of drug-likeness (QED) is 0.550. The Kier molecular flexibility index (Phi) is 5.40. The summed E-state index contributed by atoms with van der Waals surface area (Å²) in [6.07, 6.45) is 2.43. The maximum absolute atomic E-state index is 8.87. The Morgan fingerprint density at radius 2 is 1.86 bits per heavy atom. The number of aliphatic hydroxyl groups excluding tert-OH is 2. The van der Waals surface area contributed by atoms with Crippen LogP contribution >= 0.6 is 0 Å². The summed E-state index contributed by atoms with van der Waals surface area (Å²) in [6, 6.07) is -0.144. The Morgan fingerprint density at radius 3 is 2.36 bits per heavy atom. The van der Waals surface area contributed by atoms with Gasteiger partial charge in [0.1, 0.15) is 0 Å². The molecule has 1 fully saturated rings. The molecule has 0 aromatic carbocycles. The van der Waals surface area contributed by atoms with E-state index in [0.717, 1.165) is 19.6 Å². The molecule has 84 valence electrons. The van der Waals surface area contributed by atoms with E-state index >= 15 is 0 Å². The van der Waals surface area contributed by atoms with Crippen molar-refractivity contribution in [1.29, 1.82) is 0 Å². The summed E-state index contributed by atoms with van der Waals surface area (Å²) in [5, 5.41) is 20.9. The van der Waals surface area contributed by atoms with Gasteiger partial charge in [-0.3, -0.25) is 0 Å². The van der Waals surface area contributed by atoms with Crippen molar-refractivity contribution in [3.05, 3.63) is 0 Å². The van der Waals surface area contributed by atoms with E-state index in [4.69, 9.17) is 10.2 Å². The van der Waals surface area contributed by atoms with Crippen LogP contribution in [0.4, 0.5) is 0 Å². The number of rotatable bonds is 5. The van der Waals surface area contributed by atoms with Crippen LogP contribution in [0.1, 0.15) is 12.8 Å². The van der Waals surface area contributed by atoms with Crippen LogP contribution in [0.2, 0.25) is 0 Å². The summed E-state index contributed by atoms with van der Waals surface area (Å²) in [6.45, 7) is 3.27. The third-order valence-corrected chi connectivity index (χ3v) is 2.97. The van der Waals surface area contributed by atoms with E-state index in [1.54, 1.807) is 0 Å². The number of hydrogen-bond donors (Lipinski definition) is 3. The third-order valence-electron chi connectivity index (χ3n) is 2.97. The fraction of sp³-hybridized carbons (Fsp3) is 1.00. The predicted molar refractivity (Wildman–Crippen MR) is 56.2 cm³/mol. The number of nitrogens with zero attached hydrogens (tertiary/aromatic N) is 1. The van der Waals surface area contributed by atoms with Gasteiger partial charge in [0, 0.05) is 0 Å². The van der Waals surface area contributed by atoms with Crippen LogP contribution in [0.25, 0.3) is 0 Å². The largest absolute Gasteiger partial charge is 0.395 e. The zero-order valence-corrected chi connectivity index (χ0v) is 8.95. The first-order chi connectivity index (χ1) is 6.76. The fourth-order valence-corrected chi connectivity index (χ4v) is 1.79. The van der Waals surface area contributed by atoms with E-state index in [1.807, 2.05) is 0 Å². The van der Waals surface area contributed by atoms with E-state index in [0.29, 0.717) is 5.92 Å². The molecule has 0 aromatic heterocycles. The van der Waals surface area contributed by atoms with E-state index in [9.17, 15) is 0 Å². The van der Waals surface area contributed by atoms with Gasteiger partial charge in [-0.05, 0) is 45.4 Å². The third kappa shape index (κ3) is 3.92. The van der Waals surface area contributed by atoms with Gasteiger partial charge in [0.05, 0.1) is 19.3 Å². The SMILES string of the molecule is CN1CCC(CNC(CO)CO)CC1. The van der Waals surface area contributed by atoms with E-state index < -0.39 is 0 Å². The van der Waals surface area contributed by atoms with Crippen LogP contribution in [-0.4, -0.2) is 61.1 Å².